The van der Waals surface area contributed by atoms with Gasteiger partial charge in [-0.2, -0.15) is 13.2 Å². The summed E-state index contributed by atoms with van der Waals surface area (Å²) in [5.74, 6) is -0.383. The van der Waals surface area contributed by atoms with Crippen molar-refractivity contribution >= 4 is 5.78 Å². The molecule has 0 amide bonds. The number of aryl methyl sites for hydroxylation is 1. The highest BCUT2D eigenvalue weighted by molar-refractivity contribution is 6.08. The lowest BCUT2D eigenvalue weighted by Gasteiger charge is -2.07. The first-order valence-electron chi connectivity index (χ1n) is 5.53. The molecule has 0 spiro atoms. The van der Waals surface area contributed by atoms with E-state index in [4.69, 9.17) is 0 Å². The lowest BCUT2D eigenvalue weighted by Crippen LogP contribution is -2.09. The number of hydrogen-bond acceptors (Lipinski definition) is 2. The molecule has 0 saturated carbocycles. The predicted molar refractivity (Wildman–Crippen MR) is 63.9 cm³/mol. The summed E-state index contributed by atoms with van der Waals surface area (Å²) in [6, 6.07) is 8.82. The van der Waals surface area contributed by atoms with Crippen LogP contribution in [0.4, 0.5) is 13.2 Å². The highest BCUT2D eigenvalue weighted by Gasteiger charge is 2.31. The molecule has 2 nitrogen and oxygen atoms in total. The second-order valence-electron chi connectivity index (χ2n) is 4.07. The van der Waals surface area contributed by atoms with Gasteiger partial charge in [0.25, 0.3) is 0 Å². The Morgan fingerprint density at radius 1 is 1.11 bits per heavy atom. The van der Waals surface area contributed by atoms with E-state index in [2.05, 4.69) is 4.98 Å². The molecular formula is C14H10F3NO. The van der Waals surface area contributed by atoms with Crippen LogP contribution in [-0.2, 0) is 6.18 Å². The number of rotatable bonds is 2. The molecular weight excluding hydrogens is 255 g/mol. The van der Waals surface area contributed by atoms with Gasteiger partial charge in [-0.05, 0) is 24.6 Å². The summed E-state index contributed by atoms with van der Waals surface area (Å²) in [5, 5.41) is 0. The zero-order valence-electron chi connectivity index (χ0n) is 10.0. The van der Waals surface area contributed by atoms with Crippen LogP contribution in [0, 0.1) is 6.92 Å². The smallest absolute Gasteiger partial charge is 0.287 e. The maximum absolute atomic E-state index is 12.4. The molecule has 19 heavy (non-hydrogen) atoms. The van der Waals surface area contributed by atoms with Gasteiger partial charge in [0.2, 0.25) is 5.78 Å². The number of halogens is 3. The molecule has 98 valence electrons. The lowest BCUT2D eigenvalue weighted by atomic mass is 10.0. The first kappa shape index (κ1) is 13.3. The van der Waals surface area contributed by atoms with E-state index in [0.29, 0.717) is 11.8 Å². The van der Waals surface area contributed by atoms with E-state index in [1.54, 1.807) is 31.2 Å². The average Bonchev–Trinajstić information content (AvgIpc) is 2.38. The van der Waals surface area contributed by atoms with Crippen LogP contribution in [0.1, 0.15) is 27.2 Å². The Labute approximate surface area is 107 Å². The molecule has 2 rings (SSSR count). The Morgan fingerprint density at radius 3 is 2.32 bits per heavy atom. The third-order valence-corrected chi connectivity index (χ3v) is 2.71. The number of carbonyl (C=O) groups is 1. The van der Waals surface area contributed by atoms with Gasteiger partial charge in [0.05, 0.1) is 5.56 Å². The zero-order chi connectivity index (χ0) is 14.0. The Hall–Kier alpha value is -2.17. The van der Waals surface area contributed by atoms with E-state index in [0.717, 1.165) is 17.7 Å². The quantitative estimate of drug-likeness (QED) is 0.776. The van der Waals surface area contributed by atoms with Gasteiger partial charge in [-0.15, -0.1) is 0 Å². The molecule has 0 unspecified atom stereocenters. The molecule has 0 aliphatic heterocycles. The molecule has 1 heterocycles. The largest absolute Gasteiger partial charge is 0.417 e. The molecule has 0 N–H and O–H groups in total. The summed E-state index contributed by atoms with van der Waals surface area (Å²) in [4.78, 5) is 15.7. The summed E-state index contributed by atoms with van der Waals surface area (Å²) in [5.41, 5.74) is 0.333. The Morgan fingerprint density at radius 2 is 1.79 bits per heavy atom. The van der Waals surface area contributed by atoms with Gasteiger partial charge in [0, 0.05) is 11.8 Å². The van der Waals surface area contributed by atoms with Crippen molar-refractivity contribution in [1.29, 1.82) is 0 Å². The number of ketones is 1. The minimum Gasteiger partial charge on any atom is -0.287 e. The van der Waals surface area contributed by atoms with Crippen LogP contribution in [0.5, 0.6) is 0 Å². The molecule has 0 saturated heterocycles. The fourth-order valence-corrected chi connectivity index (χ4v) is 1.66. The fourth-order valence-electron chi connectivity index (χ4n) is 1.66. The monoisotopic (exact) mass is 265 g/mol. The van der Waals surface area contributed by atoms with Gasteiger partial charge >= 0.3 is 6.18 Å². The van der Waals surface area contributed by atoms with Crippen molar-refractivity contribution in [2.24, 2.45) is 0 Å². The number of hydrogen-bond donors (Lipinski definition) is 0. The average molecular weight is 265 g/mol. The molecule has 1 aromatic carbocycles. The SMILES string of the molecule is Cc1ccccc1C(=O)c1ccc(C(F)(F)F)cn1. The molecule has 0 aliphatic carbocycles. The number of aromatic nitrogens is 1. The Bertz CT molecular complexity index is 603. The highest BCUT2D eigenvalue weighted by Crippen LogP contribution is 2.28. The van der Waals surface area contributed by atoms with Crippen LogP contribution in [-0.4, -0.2) is 10.8 Å². The maximum atomic E-state index is 12.4. The number of carbonyl (C=O) groups excluding carboxylic acids is 1. The van der Waals surface area contributed by atoms with Gasteiger partial charge in [-0.1, -0.05) is 24.3 Å². The van der Waals surface area contributed by atoms with Crippen LogP contribution in [0.2, 0.25) is 0 Å². The van der Waals surface area contributed by atoms with E-state index in [9.17, 15) is 18.0 Å². The topological polar surface area (TPSA) is 30.0 Å². The second kappa shape index (κ2) is 4.84. The van der Waals surface area contributed by atoms with E-state index < -0.39 is 11.7 Å². The number of benzene rings is 1. The first-order valence-corrected chi connectivity index (χ1v) is 5.53. The van der Waals surface area contributed by atoms with E-state index in [1.165, 1.54) is 0 Å². The predicted octanol–water partition coefficient (Wildman–Crippen LogP) is 3.64. The van der Waals surface area contributed by atoms with Crippen LogP contribution in [0.3, 0.4) is 0 Å². The summed E-state index contributed by atoms with van der Waals surface area (Å²) < 4.78 is 37.1. The molecule has 5 heteroatoms. The molecule has 0 atom stereocenters. The van der Waals surface area contributed by atoms with Crippen molar-refractivity contribution in [3.63, 3.8) is 0 Å². The van der Waals surface area contributed by atoms with Gasteiger partial charge in [-0.25, -0.2) is 0 Å². The third-order valence-electron chi connectivity index (χ3n) is 2.71. The molecule has 0 bridgehead atoms. The summed E-state index contributed by atoms with van der Waals surface area (Å²) in [7, 11) is 0. The zero-order valence-corrected chi connectivity index (χ0v) is 10.0. The molecule has 0 radical (unpaired) electrons. The molecule has 1 aromatic heterocycles. The summed E-state index contributed by atoms with van der Waals surface area (Å²) >= 11 is 0. The lowest BCUT2D eigenvalue weighted by molar-refractivity contribution is -0.137. The van der Waals surface area contributed by atoms with E-state index in [1.807, 2.05) is 0 Å². The summed E-state index contributed by atoms with van der Waals surface area (Å²) in [6.07, 6.45) is -3.78. The third kappa shape index (κ3) is 2.81. The molecule has 0 fully saturated rings. The molecule has 2 aromatic rings. The van der Waals surface area contributed by atoms with Gasteiger partial charge in [0.1, 0.15) is 5.69 Å². The number of pyridine rings is 1. The fraction of sp³-hybridized carbons (Fsp3) is 0.143. The highest BCUT2D eigenvalue weighted by atomic mass is 19.4. The molecule has 0 aliphatic rings. The van der Waals surface area contributed by atoms with Gasteiger partial charge < -0.3 is 0 Å². The van der Waals surface area contributed by atoms with Crippen molar-refractivity contribution in [1.82, 2.24) is 4.98 Å². The van der Waals surface area contributed by atoms with Crippen LogP contribution < -0.4 is 0 Å². The minimum absolute atomic E-state index is 0.00213. The van der Waals surface area contributed by atoms with Crippen molar-refractivity contribution in [3.8, 4) is 0 Å². The number of alkyl halides is 3. The van der Waals surface area contributed by atoms with Crippen LogP contribution in [0.15, 0.2) is 42.6 Å². The van der Waals surface area contributed by atoms with Crippen molar-refractivity contribution in [3.05, 3.63) is 65.0 Å². The maximum Gasteiger partial charge on any atom is 0.417 e. The minimum atomic E-state index is -4.45. The van der Waals surface area contributed by atoms with Crippen molar-refractivity contribution in [2.75, 3.05) is 0 Å². The van der Waals surface area contributed by atoms with E-state index in [-0.39, 0.29) is 11.5 Å². The number of nitrogens with zero attached hydrogens (tertiary/aromatic N) is 1. The standard InChI is InChI=1S/C14H10F3NO/c1-9-4-2-3-5-11(9)13(19)12-7-6-10(8-18-12)14(15,16)17/h2-8H,1H3. The Kier molecular flexibility index (Phi) is 3.38. The Balaban J connectivity index is 2.34. The summed E-state index contributed by atoms with van der Waals surface area (Å²) in [6.45, 7) is 1.76. The van der Waals surface area contributed by atoms with Gasteiger partial charge in [0.15, 0.2) is 0 Å². The van der Waals surface area contributed by atoms with Crippen LogP contribution in [0.25, 0.3) is 0 Å². The van der Waals surface area contributed by atoms with E-state index >= 15 is 0 Å². The van der Waals surface area contributed by atoms with Crippen LogP contribution >= 0.6 is 0 Å². The van der Waals surface area contributed by atoms with Crippen molar-refractivity contribution in [2.45, 2.75) is 13.1 Å². The van der Waals surface area contributed by atoms with Gasteiger partial charge in [-0.3, -0.25) is 9.78 Å². The normalized spacial score (nSPS) is 11.4. The second-order valence-corrected chi connectivity index (χ2v) is 4.07. The van der Waals surface area contributed by atoms with Crippen molar-refractivity contribution < 1.29 is 18.0 Å². The first-order chi connectivity index (χ1) is 8.89.